The fourth-order valence-electron chi connectivity index (χ4n) is 16.1. The van der Waals surface area contributed by atoms with Crippen LogP contribution in [0.1, 0.15) is 234 Å². The first-order valence-corrected chi connectivity index (χ1v) is 43.3. The Labute approximate surface area is 711 Å². The maximum absolute atomic E-state index is 13.8. The lowest BCUT2D eigenvalue weighted by molar-refractivity contribution is -0.388. The number of ether oxygens (including phenoxy) is 10. The molecule has 4 amide bonds. The number of hydrogen-bond donors (Lipinski definition) is 24. The highest BCUT2D eigenvalue weighted by atomic mass is 16.8. The molecule has 0 saturated carbocycles. The maximum Gasteiger partial charge on any atom is 0.364 e. The molecule has 30 atom stereocenters. The Hall–Kier alpha value is -5.05. The van der Waals surface area contributed by atoms with Crippen LogP contribution in [-0.2, 0) is 80.9 Å². The van der Waals surface area contributed by atoms with Crippen LogP contribution in [0.15, 0.2) is 12.2 Å². The molecule has 0 radical (unpaired) electrons. The zero-order valence-electron chi connectivity index (χ0n) is 70.8. The summed E-state index contributed by atoms with van der Waals surface area (Å²) in [5, 5.41) is 235. The molecule has 5 heterocycles. The SMILES string of the molecule is CCCCCCCCC=CCCCCCCCC(=O)N[C@@H](CO[C@@H]1O[C@H](CO)[C@@H](O[C@@H]2O[C@H](CO)[C@H](O)[C@H](O[C@]3(C(=O)O)C[C@H](O)[C@@H](NC(C)=O)C([C@H](O)[C@@H](CO)O[C@]4(C(=O)O)C[C@H](O)[C@@H](NC(C)=O)C([C@H](O)[C@@H](CO)O[C@]5(C(=O)O)C[C@H](O)[C@@H](NC(C)=O)C([C@H](O)[C@H](O)CO)O5)O4)O3)[C@H]2O)[C@H](O)[C@H]1O)[C@H](O)CCCCCCCCCCCCCCC. The molecule has 0 aromatic carbocycles. The summed E-state index contributed by atoms with van der Waals surface area (Å²) in [7, 11) is 0. The Morgan fingerprint density at radius 3 is 1.22 bits per heavy atom. The van der Waals surface area contributed by atoms with Crippen LogP contribution in [0, 0.1) is 0 Å². The molecule has 41 nitrogen and oxygen atoms in total. The number of aliphatic hydroxyl groups excluding tert-OH is 17. The first-order valence-electron chi connectivity index (χ1n) is 43.3. The number of rotatable bonds is 59. The molecule has 5 fully saturated rings. The van der Waals surface area contributed by atoms with E-state index >= 15 is 0 Å². The highest BCUT2D eigenvalue weighted by Gasteiger charge is 2.64. The van der Waals surface area contributed by atoms with Crippen molar-refractivity contribution in [3.05, 3.63) is 12.2 Å². The lowest BCUT2D eigenvalue weighted by Gasteiger charge is -2.51. The third-order valence-electron chi connectivity index (χ3n) is 23.0. The second-order valence-electron chi connectivity index (χ2n) is 32.9. The number of carboxylic acids is 3. The minimum absolute atomic E-state index is 0.133. The Bertz CT molecular complexity index is 3100. The fourth-order valence-corrected chi connectivity index (χ4v) is 16.1. The highest BCUT2D eigenvalue weighted by molar-refractivity contribution is 5.79. The zero-order chi connectivity index (χ0) is 90.6. The van der Waals surface area contributed by atoms with Crippen molar-refractivity contribution >= 4 is 41.5 Å². The molecular formula is C81H142N4O37. The van der Waals surface area contributed by atoms with Gasteiger partial charge in [0.05, 0.1) is 88.2 Å². The summed E-state index contributed by atoms with van der Waals surface area (Å²) in [6.07, 6.45) is -22.9. The number of aliphatic carboxylic acids is 3. The van der Waals surface area contributed by atoms with Crippen LogP contribution in [0.4, 0.5) is 0 Å². The van der Waals surface area contributed by atoms with Crippen LogP contribution < -0.4 is 21.3 Å². The molecule has 5 rings (SSSR count). The first-order chi connectivity index (χ1) is 58.0. The van der Waals surface area contributed by atoms with Gasteiger partial charge in [-0.25, -0.2) is 14.4 Å². The van der Waals surface area contributed by atoms with Gasteiger partial charge in [0.2, 0.25) is 23.6 Å². The van der Waals surface area contributed by atoms with Gasteiger partial charge in [0.25, 0.3) is 17.4 Å². The first kappa shape index (κ1) is 107. The number of allylic oxidation sites excluding steroid dienone is 2. The van der Waals surface area contributed by atoms with Gasteiger partial charge in [0.1, 0.15) is 104 Å². The topological polar surface area (TPSA) is 665 Å². The van der Waals surface area contributed by atoms with Gasteiger partial charge in [-0.3, -0.25) is 19.2 Å². The van der Waals surface area contributed by atoms with E-state index in [0.717, 1.165) is 91.4 Å². The van der Waals surface area contributed by atoms with E-state index in [0.29, 0.717) is 12.8 Å². The van der Waals surface area contributed by atoms with Crippen LogP contribution >= 0.6 is 0 Å². The van der Waals surface area contributed by atoms with Gasteiger partial charge in [-0.15, -0.1) is 0 Å². The van der Waals surface area contributed by atoms with Crippen molar-refractivity contribution in [2.75, 3.05) is 39.6 Å². The average molecular weight is 1760 g/mol. The molecule has 0 aromatic heterocycles. The van der Waals surface area contributed by atoms with Gasteiger partial charge in [0.15, 0.2) is 12.6 Å². The van der Waals surface area contributed by atoms with Crippen LogP contribution in [0.2, 0.25) is 0 Å². The quantitative estimate of drug-likeness (QED) is 0.0221. The predicted molar refractivity (Wildman–Crippen MR) is 424 cm³/mol. The van der Waals surface area contributed by atoms with Crippen molar-refractivity contribution < 1.29 is 183 Å². The second-order valence-corrected chi connectivity index (χ2v) is 32.9. The van der Waals surface area contributed by atoms with E-state index in [-0.39, 0.29) is 18.7 Å². The average Bonchev–Trinajstić information content (AvgIpc) is 0.750. The standard InChI is InChI=1S/C81H142N4O37/c1-6-8-10-12-14-16-18-20-21-23-25-27-29-31-33-35-58(99)85-48(49(94)34-32-30-28-26-24-22-19-17-15-13-11-9-7-2)44-113-74-67(105)66(104)69(57(43-90)115-74)116-75-68(106)73(63(101)54(40-87)114-75)122-81(78(111)112)38-52(97)61(84-47(5)93)72(121-81)65(103)56(42-89)118-80(77(109)110)37-51(96)60(83-46(4)92)71(120-80)64(102)55(41-88)117-79(76(107)108)36-50(95)59(82-45(3)91)70(119-79)62(100)53(98)39-86/h20-21,48-57,59-75,86-90,94-98,100-106H,6-19,22-44H2,1-5H3,(H,82,91)(H,83,92)(H,84,93)(H,85,99)(H,107,108)(H,109,110)(H,111,112)/t48-,49+,50-,51-,52-,53+,54+,55+,56+,57+,59+,60+,61+,62+,63-,64+,65+,66+,67+,68+,69+,70?,71?,72?,73-,74+,75-,79+,80+,81-/m0/s1. The van der Waals surface area contributed by atoms with Crippen molar-refractivity contribution in [1.29, 1.82) is 0 Å². The van der Waals surface area contributed by atoms with Gasteiger partial charge < -0.3 is 171 Å². The third-order valence-corrected chi connectivity index (χ3v) is 23.0. The van der Waals surface area contributed by atoms with Gasteiger partial charge in [-0.05, 0) is 38.5 Å². The van der Waals surface area contributed by atoms with Crippen molar-refractivity contribution in [2.45, 2.75) is 416 Å². The van der Waals surface area contributed by atoms with Crippen molar-refractivity contribution in [3.63, 3.8) is 0 Å². The van der Waals surface area contributed by atoms with Crippen LogP contribution in [0.3, 0.4) is 0 Å². The summed E-state index contributed by atoms with van der Waals surface area (Å²) in [4.78, 5) is 92.1. The van der Waals surface area contributed by atoms with Crippen LogP contribution in [-0.4, -0.2) is 366 Å². The van der Waals surface area contributed by atoms with Gasteiger partial charge in [-0.2, -0.15) is 0 Å². The van der Waals surface area contributed by atoms with E-state index < -0.39 is 277 Å². The molecule has 24 N–H and O–H groups in total. The number of nitrogens with one attached hydrogen (secondary N) is 4. The number of unbranched alkanes of at least 4 members (excludes halogenated alkanes) is 23. The number of carbonyl (C=O) groups is 7. The van der Waals surface area contributed by atoms with E-state index in [1.165, 1.54) is 83.5 Å². The molecule has 0 spiro atoms. The summed E-state index contributed by atoms with van der Waals surface area (Å²) in [6, 6.07) is -6.94. The van der Waals surface area contributed by atoms with Crippen molar-refractivity contribution in [2.24, 2.45) is 0 Å². The van der Waals surface area contributed by atoms with Gasteiger partial charge in [0, 0.05) is 46.5 Å². The molecule has 0 bridgehead atoms. The zero-order valence-corrected chi connectivity index (χ0v) is 70.8. The Morgan fingerprint density at radius 1 is 0.434 bits per heavy atom. The van der Waals surface area contributed by atoms with Gasteiger partial charge in [-0.1, -0.05) is 161 Å². The van der Waals surface area contributed by atoms with E-state index in [1.807, 2.05) is 0 Å². The minimum atomic E-state index is -3.57. The molecule has 5 saturated heterocycles. The lowest BCUT2D eigenvalue weighted by atomic mass is 9.86. The van der Waals surface area contributed by atoms with E-state index in [4.69, 9.17) is 47.4 Å². The lowest BCUT2D eigenvalue weighted by Crippen LogP contribution is -2.72. The van der Waals surface area contributed by atoms with E-state index in [1.54, 1.807) is 0 Å². The normalized spacial score (nSPS) is 32.8. The monoisotopic (exact) mass is 1760 g/mol. The summed E-state index contributed by atoms with van der Waals surface area (Å²) in [5.41, 5.74) is 0. The number of carbonyl (C=O) groups excluding carboxylic acids is 4. The molecule has 41 heteroatoms. The van der Waals surface area contributed by atoms with Crippen LogP contribution in [0.5, 0.6) is 0 Å². The Morgan fingerprint density at radius 2 is 0.820 bits per heavy atom. The maximum atomic E-state index is 13.8. The minimum Gasteiger partial charge on any atom is -0.477 e. The summed E-state index contributed by atoms with van der Waals surface area (Å²) in [5.74, 6) is -20.6. The summed E-state index contributed by atoms with van der Waals surface area (Å²) >= 11 is 0. The molecule has 708 valence electrons. The smallest absolute Gasteiger partial charge is 0.364 e. The Kier molecular flexibility index (Phi) is 47.9. The summed E-state index contributed by atoms with van der Waals surface area (Å²) < 4.78 is 58.3. The van der Waals surface area contributed by atoms with E-state index in [2.05, 4.69) is 47.3 Å². The molecular weight excluding hydrogens is 1620 g/mol. The molecule has 5 aliphatic rings. The largest absolute Gasteiger partial charge is 0.477 e. The predicted octanol–water partition coefficient (Wildman–Crippen LogP) is -2.49. The van der Waals surface area contributed by atoms with Crippen molar-refractivity contribution in [1.82, 2.24) is 21.3 Å². The molecule has 0 aliphatic carbocycles. The highest BCUT2D eigenvalue weighted by Crippen LogP contribution is 2.43. The number of aliphatic hydroxyl groups is 17. The summed E-state index contributed by atoms with van der Waals surface area (Å²) in [6.45, 7) is -0.0309. The third kappa shape index (κ3) is 31.7. The number of amides is 4. The molecule has 0 aromatic rings. The molecule has 5 aliphatic heterocycles. The molecule has 122 heavy (non-hydrogen) atoms. The molecule has 3 unspecified atom stereocenters. The fraction of sp³-hybridized carbons (Fsp3) is 0.889. The van der Waals surface area contributed by atoms with Crippen molar-refractivity contribution in [3.8, 4) is 0 Å². The second kappa shape index (κ2) is 54.3. The Balaban J connectivity index is 1.35. The number of carboxylic acid groups (broad SMARTS) is 3. The van der Waals surface area contributed by atoms with Crippen LogP contribution in [0.25, 0.3) is 0 Å². The number of hydrogen-bond acceptors (Lipinski definition) is 34. The van der Waals surface area contributed by atoms with E-state index in [9.17, 15) is 136 Å². The van der Waals surface area contributed by atoms with Gasteiger partial charge >= 0.3 is 17.9 Å².